The zero-order valence-corrected chi connectivity index (χ0v) is 13.5. The van der Waals surface area contributed by atoms with E-state index in [4.69, 9.17) is 16.3 Å². The third-order valence-electron chi connectivity index (χ3n) is 3.32. The standard InChI is InChI=1S/C15H16ClN5O2/c1-9(2)8-23-14(22)12-7-13(10-5-3-4-6-11(10)16)21-15(17-12)18-19-20-21/h3-7,9,13H,8H2,1-2H3,(H,17,18,20). The monoisotopic (exact) mass is 333 g/mol. The Bertz CT molecular complexity index is 756. The Balaban J connectivity index is 1.94. The predicted molar refractivity (Wildman–Crippen MR) is 84.9 cm³/mol. The molecular weight excluding hydrogens is 318 g/mol. The number of halogens is 1. The number of aromatic nitrogens is 4. The smallest absolute Gasteiger partial charge is 0.354 e. The summed E-state index contributed by atoms with van der Waals surface area (Å²) in [5, 5.41) is 15.0. The average molecular weight is 334 g/mol. The number of ether oxygens (including phenoxy) is 1. The van der Waals surface area contributed by atoms with Gasteiger partial charge in [-0.2, -0.15) is 4.68 Å². The highest BCUT2D eigenvalue weighted by Gasteiger charge is 2.28. The summed E-state index contributed by atoms with van der Waals surface area (Å²) in [5.41, 5.74) is 1.11. The van der Waals surface area contributed by atoms with Crippen molar-refractivity contribution in [1.82, 2.24) is 20.2 Å². The highest BCUT2D eigenvalue weighted by Crippen LogP contribution is 2.32. The number of nitrogens with one attached hydrogen (secondary N) is 1. The zero-order valence-electron chi connectivity index (χ0n) is 12.7. The first-order valence-electron chi connectivity index (χ1n) is 7.24. The summed E-state index contributed by atoms with van der Waals surface area (Å²) in [4.78, 5) is 12.2. The van der Waals surface area contributed by atoms with E-state index in [-0.39, 0.29) is 12.0 Å². The minimum absolute atomic E-state index is 0.257. The van der Waals surface area contributed by atoms with E-state index in [1.54, 1.807) is 16.8 Å². The highest BCUT2D eigenvalue weighted by atomic mass is 35.5. The molecule has 1 aromatic heterocycles. The van der Waals surface area contributed by atoms with Crippen molar-refractivity contribution in [2.24, 2.45) is 5.92 Å². The number of benzene rings is 1. The summed E-state index contributed by atoms with van der Waals surface area (Å²) in [6.45, 7) is 4.30. The molecule has 0 aliphatic carbocycles. The summed E-state index contributed by atoms with van der Waals surface area (Å²) >= 11 is 6.27. The molecule has 0 fully saturated rings. The van der Waals surface area contributed by atoms with E-state index in [1.807, 2.05) is 32.0 Å². The fraction of sp³-hybridized carbons (Fsp3) is 0.333. The molecule has 23 heavy (non-hydrogen) atoms. The molecule has 1 unspecified atom stereocenters. The van der Waals surface area contributed by atoms with Crippen molar-refractivity contribution in [3.63, 3.8) is 0 Å². The highest BCUT2D eigenvalue weighted by molar-refractivity contribution is 6.31. The van der Waals surface area contributed by atoms with Crippen LogP contribution in [0.15, 0.2) is 36.0 Å². The van der Waals surface area contributed by atoms with Gasteiger partial charge in [0, 0.05) is 5.02 Å². The van der Waals surface area contributed by atoms with Crippen LogP contribution in [0.4, 0.5) is 5.95 Å². The lowest BCUT2D eigenvalue weighted by molar-refractivity contribution is -0.139. The number of hydrogen-bond donors (Lipinski definition) is 1. The van der Waals surface area contributed by atoms with Crippen LogP contribution in [0.5, 0.6) is 0 Å². The van der Waals surface area contributed by atoms with Gasteiger partial charge >= 0.3 is 5.97 Å². The lowest BCUT2D eigenvalue weighted by atomic mass is 10.0. The van der Waals surface area contributed by atoms with Gasteiger partial charge in [0.25, 0.3) is 0 Å². The number of nitrogens with zero attached hydrogens (tertiary/aromatic N) is 4. The molecule has 0 radical (unpaired) electrons. The maximum absolute atomic E-state index is 12.2. The van der Waals surface area contributed by atoms with E-state index in [2.05, 4.69) is 20.8 Å². The van der Waals surface area contributed by atoms with Crippen molar-refractivity contribution in [3.8, 4) is 0 Å². The third kappa shape index (κ3) is 3.19. The minimum Gasteiger partial charge on any atom is -0.461 e. The molecule has 3 rings (SSSR count). The molecule has 0 saturated heterocycles. The maximum atomic E-state index is 12.2. The fourth-order valence-electron chi connectivity index (χ4n) is 2.23. The number of fused-ring (bicyclic) bond motifs is 1. The SMILES string of the molecule is CC(C)COC(=O)C1=CC(c2ccccc2Cl)n2nnnc2N1. The van der Waals surface area contributed by atoms with Crippen molar-refractivity contribution in [2.75, 3.05) is 11.9 Å². The van der Waals surface area contributed by atoms with Gasteiger partial charge in [0.2, 0.25) is 5.95 Å². The van der Waals surface area contributed by atoms with E-state index in [1.165, 1.54) is 0 Å². The van der Waals surface area contributed by atoms with Crippen LogP contribution < -0.4 is 5.32 Å². The first-order chi connectivity index (χ1) is 11.1. The maximum Gasteiger partial charge on any atom is 0.354 e. The molecule has 0 amide bonds. The summed E-state index contributed by atoms with van der Waals surface area (Å²) in [5.74, 6) is 0.187. The Morgan fingerprint density at radius 2 is 2.22 bits per heavy atom. The van der Waals surface area contributed by atoms with Gasteiger partial charge in [0.1, 0.15) is 11.7 Å². The quantitative estimate of drug-likeness (QED) is 0.865. The van der Waals surface area contributed by atoms with Gasteiger partial charge in [-0.3, -0.25) is 0 Å². The van der Waals surface area contributed by atoms with Gasteiger partial charge in [-0.25, -0.2) is 4.79 Å². The molecular formula is C15H16ClN5O2. The summed E-state index contributed by atoms with van der Waals surface area (Å²) in [6.07, 6.45) is 1.72. The molecule has 7 nitrogen and oxygen atoms in total. The van der Waals surface area contributed by atoms with E-state index < -0.39 is 5.97 Å². The Labute approximate surface area is 138 Å². The lowest BCUT2D eigenvalue weighted by Crippen LogP contribution is -2.26. The van der Waals surface area contributed by atoms with E-state index >= 15 is 0 Å². The Hall–Kier alpha value is -2.41. The normalized spacial score (nSPS) is 16.5. The second-order valence-electron chi connectivity index (χ2n) is 5.61. The predicted octanol–water partition coefficient (Wildman–Crippen LogP) is 2.42. The van der Waals surface area contributed by atoms with Crippen molar-refractivity contribution in [2.45, 2.75) is 19.9 Å². The van der Waals surface area contributed by atoms with Gasteiger partial charge in [-0.1, -0.05) is 48.7 Å². The Morgan fingerprint density at radius 1 is 1.43 bits per heavy atom. The average Bonchev–Trinajstić information content (AvgIpc) is 3.00. The number of esters is 1. The lowest BCUT2D eigenvalue weighted by Gasteiger charge is -2.23. The van der Waals surface area contributed by atoms with Crippen LogP contribution >= 0.6 is 11.6 Å². The fourth-order valence-corrected chi connectivity index (χ4v) is 2.48. The number of hydrogen-bond acceptors (Lipinski definition) is 6. The van der Waals surface area contributed by atoms with Crippen LogP contribution in [0.2, 0.25) is 5.02 Å². The van der Waals surface area contributed by atoms with Gasteiger partial charge in [-0.05, 0) is 34.1 Å². The number of rotatable bonds is 4. The molecule has 1 aliphatic heterocycles. The molecule has 0 saturated carbocycles. The number of tetrazole rings is 1. The van der Waals surface area contributed by atoms with Gasteiger partial charge in [0.15, 0.2) is 0 Å². The van der Waals surface area contributed by atoms with E-state index in [9.17, 15) is 4.79 Å². The molecule has 1 aromatic carbocycles. The second-order valence-corrected chi connectivity index (χ2v) is 6.02. The van der Waals surface area contributed by atoms with Crippen LogP contribution in [-0.2, 0) is 9.53 Å². The van der Waals surface area contributed by atoms with E-state index in [0.717, 1.165) is 5.56 Å². The van der Waals surface area contributed by atoms with Crippen molar-refractivity contribution >= 4 is 23.5 Å². The topological polar surface area (TPSA) is 81.9 Å². The van der Waals surface area contributed by atoms with Crippen molar-refractivity contribution in [1.29, 1.82) is 0 Å². The van der Waals surface area contributed by atoms with Crippen molar-refractivity contribution < 1.29 is 9.53 Å². The summed E-state index contributed by atoms with van der Waals surface area (Å²) in [6, 6.07) is 6.99. The first-order valence-corrected chi connectivity index (χ1v) is 7.62. The van der Waals surface area contributed by atoms with Crippen LogP contribution in [0.25, 0.3) is 0 Å². The number of allylic oxidation sites excluding steroid dienone is 1. The van der Waals surface area contributed by atoms with Gasteiger partial charge in [0.05, 0.1) is 6.61 Å². The van der Waals surface area contributed by atoms with E-state index in [0.29, 0.717) is 23.3 Å². The summed E-state index contributed by atoms with van der Waals surface area (Å²) < 4.78 is 6.84. The first kappa shape index (κ1) is 15.5. The Morgan fingerprint density at radius 3 is 2.96 bits per heavy atom. The molecule has 1 N–H and O–H groups in total. The molecule has 2 aromatic rings. The Kier molecular flexibility index (Phi) is 4.29. The number of carbonyl (C=O) groups is 1. The largest absolute Gasteiger partial charge is 0.461 e. The van der Waals surface area contributed by atoms with Gasteiger partial charge in [-0.15, -0.1) is 0 Å². The zero-order chi connectivity index (χ0) is 16.4. The number of carbonyl (C=O) groups excluding carboxylic acids is 1. The van der Waals surface area contributed by atoms with Gasteiger partial charge < -0.3 is 10.1 Å². The molecule has 0 spiro atoms. The van der Waals surface area contributed by atoms with Crippen LogP contribution in [0.3, 0.4) is 0 Å². The van der Waals surface area contributed by atoms with Crippen LogP contribution in [-0.4, -0.2) is 32.8 Å². The third-order valence-corrected chi connectivity index (χ3v) is 3.66. The number of anilines is 1. The minimum atomic E-state index is -0.440. The molecule has 120 valence electrons. The molecule has 0 bridgehead atoms. The van der Waals surface area contributed by atoms with Crippen molar-refractivity contribution in [3.05, 3.63) is 46.6 Å². The van der Waals surface area contributed by atoms with Crippen LogP contribution in [0.1, 0.15) is 25.5 Å². The molecule has 1 atom stereocenters. The molecule has 2 heterocycles. The molecule has 8 heteroatoms. The molecule has 1 aliphatic rings. The summed E-state index contributed by atoms with van der Waals surface area (Å²) in [7, 11) is 0. The van der Waals surface area contributed by atoms with Crippen LogP contribution in [0, 0.1) is 5.92 Å². The second kappa shape index (κ2) is 6.37.